The van der Waals surface area contributed by atoms with Gasteiger partial charge < -0.3 is 14.2 Å². The molecule has 0 aliphatic heterocycles. The van der Waals surface area contributed by atoms with E-state index < -0.39 is 6.10 Å². The second kappa shape index (κ2) is 62.2. The van der Waals surface area contributed by atoms with Gasteiger partial charge in [0.05, 0.1) is 0 Å². The maximum Gasteiger partial charge on any atom is 0.306 e. The second-order valence-corrected chi connectivity index (χ2v) is 22.0. The molecule has 0 saturated heterocycles. The third-order valence-electron chi connectivity index (χ3n) is 14.6. The van der Waals surface area contributed by atoms with Crippen molar-refractivity contribution in [2.45, 2.75) is 361 Å². The first-order valence-corrected chi connectivity index (χ1v) is 32.5. The summed E-state index contributed by atoms with van der Waals surface area (Å²) in [7, 11) is 0. The molecule has 0 N–H and O–H groups in total. The van der Waals surface area contributed by atoms with Gasteiger partial charge in [0.15, 0.2) is 6.10 Å². The van der Waals surface area contributed by atoms with Gasteiger partial charge in [0.1, 0.15) is 13.2 Å². The number of esters is 3. The summed E-state index contributed by atoms with van der Waals surface area (Å²) in [4.78, 5) is 38.1. The smallest absolute Gasteiger partial charge is 0.306 e. The lowest BCUT2D eigenvalue weighted by atomic mass is 10.0. The van der Waals surface area contributed by atoms with Crippen molar-refractivity contribution in [3.8, 4) is 0 Å². The lowest BCUT2D eigenvalue weighted by Crippen LogP contribution is -2.30. The summed E-state index contributed by atoms with van der Waals surface area (Å²) in [6.07, 6.45) is 76.0. The Balaban J connectivity index is 4.06. The average Bonchev–Trinajstić information content (AvgIpc) is 3.39. The molecule has 73 heavy (non-hydrogen) atoms. The molecular weight excluding hydrogens is 901 g/mol. The molecule has 0 radical (unpaired) electrons. The summed E-state index contributed by atoms with van der Waals surface area (Å²) in [5.74, 6) is -0.845. The molecule has 0 aromatic heterocycles. The number of rotatable bonds is 60. The molecule has 6 nitrogen and oxygen atoms in total. The summed E-state index contributed by atoms with van der Waals surface area (Å²) in [6.45, 7) is 6.66. The number of hydrogen-bond donors (Lipinski definition) is 0. The standard InChI is InChI=1S/C67H124O6/c1-4-7-10-13-16-19-21-23-25-26-27-28-29-30-31-32-33-34-35-36-37-38-39-40-42-43-45-48-51-54-57-60-66(69)72-63-64(62-71-65(68)59-56-53-50-47-18-15-12-9-6-3)73-67(70)61-58-55-52-49-46-44-41-24-22-20-17-14-11-8-5-2/h21,23,26-27,29-30,64H,4-20,22,24-25,28,31-63H2,1-3H3/b23-21-,27-26-,30-29-. The quantitative estimate of drug-likeness (QED) is 0.0261. The van der Waals surface area contributed by atoms with E-state index in [-0.39, 0.29) is 31.1 Å². The maximum atomic E-state index is 12.8. The van der Waals surface area contributed by atoms with Crippen molar-refractivity contribution in [1.82, 2.24) is 0 Å². The fourth-order valence-corrected chi connectivity index (χ4v) is 9.75. The zero-order valence-electron chi connectivity index (χ0n) is 49.2. The van der Waals surface area contributed by atoms with Crippen LogP contribution in [0, 0.1) is 0 Å². The molecule has 1 atom stereocenters. The second-order valence-electron chi connectivity index (χ2n) is 22.0. The maximum absolute atomic E-state index is 12.8. The van der Waals surface area contributed by atoms with Crippen LogP contribution in [0.15, 0.2) is 36.5 Å². The van der Waals surface area contributed by atoms with Crippen LogP contribution >= 0.6 is 0 Å². The third kappa shape index (κ3) is 60.4. The van der Waals surface area contributed by atoms with Gasteiger partial charge in [-0.2, -0.15) is 0 Å². The van der Waals surface area contributed by atoms with Crippen molar-refractivity contribution >= 4 is 17.9 Å². The van der Waals surface area contributed by atoms with Gasteiger partial charge in [0, 0.05) is 19.3 Å². The van der Waals surface area contributed by atoms with Gasteiger partial charge in [-0.1, -0.05) is 314 Å². The van der Waals surface area contributed by atoms with Crippen LogP contribution in [-0.2, 0) is 28.6 Å². The van der Waals surface area contributed by atoms with Gasteiger partial charge in [-0.25, -0.2) is 0 Å². The zero-order chi connectivity index (χ0) is 52.9. The lowest BCUT2D eigenvalue weighted by Gasteiger charge is -2.18. The Labute approximate surface area is 455 Å². The van der Waals surface area contributed by atoms with E-state index in [2.05, 4.69) is 57.2 Å². The third-order valence-corrected chi connectivity index (χ3v) is 14.6. The Hall–Kier alpha value is -2.37. The first-order valence-electron chi connectivity index (χ1n) is 32.5. The van der Waals surface area contributed by atoms with E-state index in [9.17, 15) is 14.4 Å². The van der Waals surface area contributed by atoms with Gasteiger partial charge in [-0.3, -0.25) is 14.4 Å². The first kappa shape index (κ1) is 70.6. The van der Waals surface area contributed by atoms with E-state index >= 15 is 0 Å². The highest BCUT2D eigenvalue weighted by Crippen LogP contribution is 2.18. The molecule has 0 rings (SSSR count). The Morgan fingerprint density at radius 2 is 0.493 bits per heavy atom. The highest BCUT2D eigenvalue weighted by molar-refractivity contribution is 5.71. The van der Waals surface area contributed by atoms with Gasteiger partial charge >= 0.3 is 17.9 Å². The zero-order valence-corrected chi connectivity index (χ0v) is 49.2. The van der Waals surface area contributed by atoms with Crippen LogP contribution < -0.4 is 0 Å². The fraction of sp³-hybridized carbons (Fsp3) is 0.866. The van der Waals surface area contributed by atoms with Crippen molar-refractivity contribution in [2.24, 2.45) is 0 Å². The predicted octanol–water partition coefficient (Wildman–Crippen LogP) is 22.0. The molecule has 0 aromatic carbocycles. The first-order chi connectivity index (χ1) is 36.0. The normalized spacial score (nSPS) is 12.2. The van der Waals surface area contributed by atoms with E-state index in [1.807, 2.05) is 0 Å². The summed E-state index contributed by atoms with van der Waals surface area (Å²) in [5.41, 5.74) is 0. The Bertz CT molecular complexity index is 1220. The van der Waals surface area contributed by atoms with Gasteiger partial charge in [0.25, 0.3) is 0 Å². The number of carbonyl (C=O) groups excluding carboxylic acids is 3. The van der Waals surface area contributed by atoms with Gasteiger partial charge in [-0.05, 0) is 57.8 Å². The molecule has 1 unspecified atom stereocenters. The van der Waals surface area contributed by atoms with Crippen molar-refractivity contribution in [3.63, 3.8) is 0 Å². The highest BCUT2D eigenvalue weighted by Gasteiger charge is 2.19. The van der Waals surface area contributed by atoms with Crippen molar-refractivity contribution in [1.29, 1.82) is 0 Å². The molecule has 0 fully saturated rings. The monoisotopic (exact) mass is 1020 g/mol. The van der Waals surface area contributed by atoms with E-state index in [1.54, 1.807) is 0 Å². The van der Waals surface area contributed by atoms with E-state index in [1.165, 1.54) is 244 Å². The fourth-order valence-electron chi connectivity index (χ4n) is 9.75. The number of hydrogen-bond acceptors (Lipinski definition) is 6. The molecule has 0 saturated carbocycles. The number of unbranched alkanes of at least 4 members (excludes halogenated alkanes) is 43. The van der Waals surface area contributed by atoms with Crippen molar-refractivity contribution < 1.29 is 28.6 Å². The molecule has 428 valence electrons. The largest absolute Gasteiger partial charge is 0.462 e. The van der Waals surface area contributed by atoms with Crippen LogP contribution in [0.1, 0.15) is 355 Å². The van der Waals surface area contributed by atoms with Crippen LogP contribution in [0.2, 0.25) is 0 Å². The topological polar surface area (TPSA) is 78.9 Å². The van der Waals surface area contributed by atoms with Crippen molar-refractivity contribution in [3.05, 3.63) is 36.5 Å². The number of carbonyl (C=O) groups is 3. The highest BCUT2D eigenvalue weighted by atomic mass is 16.6. The van der Waals surface area contributed by atoms with Crippen LogP contribution in [-0.4, -0.2) is 37.2 Å². The van der Waals surface area contributed by atoms with Crippen LogP contribution in [0.4, 0.5) is 0 Å². The molecular formula is C67H124O6. The number of allylic oxidation sites excluding steroid dienone is 6. The summed E-state index contributed by atoms with van der Waals surface area (Å²) in [6, 6.07) is 0. The minimum atomic E-state index is -0.765. The summed E-state index contributed by atoms with van der Waals surface area (Å²) >= 11 is 0. The molecule has 0 amide bonds. The van der Waals surface area contributed by atoms with E-state index in [0.717, 1.165) is 70.6 Å². The summed E-state index contributed by atoms with van der Waals surface area (Å²) in [5, 5.41) is 0. The van der Waals surface area contributed by atoms with Crippen LogP contribution in [0.5, 0.6) is 0 Å². The molecule has 6 heteroatoms. The molecule has 0 bridgehead atoms. The molecule has 0 aromatic rings. The minimum Gasteiger partial charge on any atom is -0.462 e. The van der Waals surface area contributed by atoms with Crippen LogP contribution in [0.3, 0.4) is 0 Å². The van der Waals surface area contributed by atoms with Crippen molar-refractivity contribution in [2.75, 3.05) is 13.2 Å². The molecule has 0 heterocycles. The molecule has 0 aliphatic carbocycles. The average molecular weight is 1030 g/mol. The van der Waals surface area contributed by atoms with Gasteiger partial charge in [0.2, 0.25) is 0 Å². The Kier molecular flexibility index (Phi) is 60.2. The lowest BCUT2D eigenvalue weighted by molar-refractivity contribution is -0.167. The van der Waals surface area contributed by atoms with Gasteiger partial charge in [-0.15, -0.1) is 0 Å². The van der Waals surface area contributed by atoms with E-state index in [4.69, 9.17) is 14.2 Å². The minimum absolute atomic E-state index is 0.0658. The molecule has 0 aliphatic rings. The van der Waals surface area contributed by atoms with Crippen LogP contribution in [0.25, 0.3) is 0 Å². The van der Waals surface area contributed by atoms with E-state index in [0.29, 0.717) is 19.3 Å². The predicted molar refractivity (Wildman–Crippen MR) is 316 cm³/mol. The Morgan fingerprint density at radius 3 is 0.767 bits per heavy atom. The SMILES string of the molecule is CCCCCCC/C=C\C/C=C\C/C=C\CCCCCCCCCCCCCCCCCCC(=O)OCC(COC(=O)CCCCCCCCCCC)OC(=O)CCCCCCCCCCCCCCCCC. The Morgan fingerprint density at radius 1 is 0.274 bits per heavy atom. The molecule has 0 spiro atoms. The number of ether oxygens (including phenoxy) is 3. The summed E-state index contributed by atoms with van der Waals surface area (Å²) < 4.78 is 16.9.